The molecule has 2 amide bonds. The molecule has 1 aliphatic heterocycles. The molecule has 0 spiro atoms. The SMILES string of the molecule is CN(C(=O)C(=O)N1CCC(Cn2cc(CN)nn2)CC1)c1ccccc1. The zero-order valence-electron chi connectivity index (χ0n) is 14.9. The van der Waals surface area contributed by atoms with Crippen molar-refractivity contribution in [2.24, 2.45) is 11.7 Å². The van der Waals surface area contributed by atoms with Crippen molar-refractivity contribution in [2.45, 2.75) is 25.9 Å². The van der Waals surface area contributed by atoms with Crippen LogP contribution < -0.4 is 10.6 Å². The number of piperidine rings is 1. The van der Waals surface area contributed by atoms with E-state index in [0.717, 1.165) is 25.1 Å². The molecule has 2 N–H and O–H groups in total. The summed E-state index contributed by atoms with van der Waals surface area (Å²) in [6, 6.07) is 9.18. The molecule has 138 valence electrons. The van der Waals surface area contributed by atoms with E-state index in [1.165, 1.54) is 4.90 Å². The highest BCUT2D eigenvalue weighted by Gasteiger charge is 2.29. The van der Waals surface area contributed by atoms with Gasteiger partial charge in [-0.2, -0.15) is 0 Å². The van der Waals surface area contributed by atoms with Crippen LogP contribution in [0.4, 0.5) is 5.69 Å². The van der Waals surface area contributed by atoms with E-state index in [1.807, 2.05) is 36.5 Å². The zero-order valence-corrected chi connectivity index (χ0v) is 14.9. The maximum atomic E-state index is 12.5. The number of rotatable bonds is 4. The Morgan fingerprint density at radius 3 is 2.54 bits per heavy atom. The molecule has 8 heteroatoms. The van der Waals surface area contributed by atoms with Crippen LogP contribution in [-0.4, -0.2) is 51.8 Å². The Morgan fingerprint density at radius 1 is 1.23 bits per heavy atom. The number of nitrogens with two attached hydrogens (primary N) is 1. The number of carbonyl (C=O) groups is 2. The number of benzene rings is 1. The molecule has 8 nitrogen and oxygen atoms in total. The van der Waals surface area contributed by atoms with E-state index in [-0.39, 0.29) is 0 Å². The number of likely N-dealkylation sites (N-methyl/N-ethyl adjacent to an activating group) is 1. The Hall–Kier alpha value is -2.74. The van der Waals surface area contributed by atoms with Gasteiger partial charge in [-0.15, -0.1) is 5.10 Å². The first-order valence-electron chi connectivity index (χ1n) is 8.79. The summed E-state index contributed by atoms with van der Waals surface area (Å²) in [7, 11) is 1.63. The maximum absolute atomic E-state index is 12.5. The van der Waals surface area contributed by atoms with Crippen LogP contribution in [0.25, 0.3) is 0 Å². The summed E-state index contributed by atoms with van der Waals surface area (Å²) in [6.07, 6.45) is 3.54. The molecule has 2 aromatic rings. The van der Waals surface area contributed by atoms with Gasteiger partial charge < -0.3 is 15.5 Å². The highest BCUT2D eigenvalue weighted by atomic mass is 16.2. The smallest absolute Gasteiger partial charge is 0.316 e. The largest absolute Gasteiger partial charge is 0.334 e. The van der Waals surface area contributed by atoms with Gasteiger partial charge in [-0.25, -0.2) is 0 Å². The average molecular weight is 356 g/mol. The van der Waals surface area contributed by atoms with E-state index >= 15 is 0 Å². The van der Waals surface area contributed by atoms with E-state index in [9.17, 15) is 9.59 Å². The molecule has 0 unspecified atom stereocenters. The predicted octanol–water partition coefficient (Wildman–Crippen LogP) is 0.638. The number of nitrogens with zero attached hydrogens (tertiary/aromatic N) is 5. The van der Waals surface area contributed by atoms with Gasteiger partial charge in [-0.1, -0.05) is 23.4 Å². The third-order valence-corrected chi connectivity index (χ3v) is 4.77. The molecule has 1 aromatic heterocycles. The molecule has 0 aliphatic carbocycles. The minimum atomic E-state index is -0.501. The third kappa shape index (κ3) is 4.08. The lowest BCUT2D eigenvalue weighted by Gasteiger charge is -2.32. The lowest BCUT2D eigenvalue weighted by Crippen LogP contribution is -2.47. The van der Waals surface area contributed by atoms with Gasteiger partial charge in [-0.05, 0) is 30.9 Å². The minimum Gasteiger partial charge on any atom is -0.334 e. The van der Waals surface area contributed by atoms with Crippen molar-refractivity contribution >= 4 is 17.5 Å². The van der Waals surface area contributed by atoms with Gasteiger partial charge in [0, 0.05) is 45.1 Å². The van der Waals surface area contributed by atoms with E-state index < -0.39 is 11.8 Å². The molecule has 1 fully saturated rings. The van der Waals surface area contributed by atoms with Crippen molar-refractivity contribution in [1.29, 1.82) is 0 Å². The predicted molar refractivity (Wildman–Crippen MR) is 97.1 cm³/mol. The average Bonchev–Trinajstić information content (AvgIpc) is 3.15. The number of amides is 2. The van der Waals surface area contributed by atoms with Crippen molar-refractivity contribution in [2.75, 3.05) is 25.0 Å². The molecule has 0 atom stereocenters. The summed E-state index contributed by atoms with van der Waals surface area (Å²) in [6.45, 7) is 2.30. The van der Waals surface area contributed by atoms with E-state index in [1.54, 1.807) is 16.6 Å². The van der Waals surface area contributed by atoms with E-state index in [0.29, 0.717) is 31.2 Å². The fourth-order valence-corrected chi connectivity index (χ4v) is 3.15. The molecule has 2 heterocycles. The fourth-order valence-electron chi connectivity index (χ4n) is 3.15. The van der Waals surface area contributed by atoms with Crippen LogP contribution in [0.15, 0.2) is 36.5 Å². The first-order chi connectivity index (χ1) is 12.6. The lowest BCUT2D eigenvalue weighted by atomic mass is 9.96. The number of aromatic nitrogens is 3. The number of hydrogen-bond acceptors (Lipinski definition) is 5. The second kappa shape index (κ2) is 8.09. The van der Waals surface area contributed by atoms with Gasteiger partial charge in [0.1, 0.15) is 0 Å². The summed E-state index contributed by atoms with van der Waals surface area (Å²) in [5.41, 5.74) is 7.03. The van der Waals surface area contributed by atoms with Crippen LogP contribution in [0.5, 0.6) is 0 Å². The molecule has 1 aliphatic rings. The summed E-state index contributed by atoms with van der Waals surface area (Å²) >= 11 is 0. The van der Waals surface area contributed by atoms with Crippen molar-refractivity contribution in [1.82, 2.24) is 19.9 Å². The number of anilines is 1. The Balaban J connectivity index is 1.52. The molecule has 26 heavy (non-hydrogen) atoms. The van der Waals surface area contributed by atoms with Gasteiger partial charge in [0.15, 0.2) is 0 Å². The molecule has 0 radical (unpaired) electrons. The molecule has 1 saturated heterocycles. The monoisotopic (exact) mass is 356 g/mol. The van der Waals surface area contributed by atoms with Gasteiger partial charge in [-0.3, -0.25) is 14.3 Å². The first-order valence-corrected chi connectivity index (χ1v) is 8.79. The second-order valence-electron chi connectivity index (χ2n) is 6.57. The van der Waals surface area contributed by atoms with Crippen molar-refractivity contribution < 1.29 is 9.59 Å². The minimum absolute atomic E-state index is 0.379. The zero-order chi connectivity index (χ0) is 18.5. The number of hydrogen-bond donors (Lipinski definition) is 1. The quantitative estimate of drug-likeness (QED) is 0.811. The normalized spacial score (nSPS) is 15.1. The number of carbonyl (C=O) groups excluding carboxylic acids is 2. The maximum Gasteiger partial charge on any atom is 0.316 e. The molecule has 3 rings (SSSR count). The summed E-state index contributed by atoms with van der Waals surface area (Å²) in [4.78, 5) is 28.0. The summed E-state index contributed by atoms with van der Waals surface area (Å²) in [5.74, 6) is -0.534. The van der Waals surface area contributed by atoms with Crippen LogP contribution in [0.3, 0.4) is 0 Å². The van der Waals surface area contributed by atoms with Crippen LogP contribution in [0.2, 0.25) is 0 Å². The molecule has 0 saturated carbocycles. The number of para-hydroxylation sites is 1. The van der Waals surface area contributed by atoms with Gasteiger partial charge >= 0.3 is 11.8 Å². The Labute approximate surface area is 152 Å². The van der Waals surface area contributed by atoms with Crippen molar-refractivity contribution in [3.63, 3.8) is 0 Å². The van der Waals surface area contributed by atoms with Crippen LogP contribution in [0, 0.1) is 5.92 Å². The second-order valence-corrected chi connectivity index (χ2v) is 6.57. The topological polar surface area (TPSA) is 97.4 Å². The summed E-state index contributed by atoms with van der Waals surface area (Å²) < 4.78 is 1.80. The Kier molecular flexibility index (Phi) is 5.62. The highest BCUT2D eigenvalue weighted by molar-refractivity contribution is 6.40. The molecule has 0 bridgehead atoms. The standard InChI is InChI=1S/C18H24N6O2/c1-22(16-5-3-2-4-6-16)17(25)18(26)23-9-7-14(8-10-23)12-24-13-15(11-19)20-21-24/h2-6,13-14H,7-12,19H2,1H3. The van der Waals surface area contributed by atoms with E-state index in [4.69, 9.17) is 5.73 Å². The van der Waals surface area contributed by atoms with Gasteiger partial charge in [0.25, 0.3) is 0 Å². The number of likely N-dealkylation sites (tertiary alicyclic amines) is 1. The van der Waals surface area contributed by atoms with Crippen molar-refractivity contribution in [3.05, 3.63) is 42.2 Å². The van der Waals surface area contributed by atoms with Gasteiger partial charge in [0.2, 0.25) is 0 Å². The van der Waals surface area contributed by atoms with Crippen molar-refractivity contribution in [3.8, 4) is 0 Å². The lowest BCUT2D eigenvalue weighted by molar-refractivity contribution is -0.145. The van der Waals surface area contributed by atoms with Crippen LogP contribution in [-0.2, 0) is 22.7 Å². The van der Waals surface area contributed by atoms with Gasteiger partial charge in [0.05, 0.1) is 5.69 Å². The molecular weight excluding hydrogens is 332 g/mol. The van der Waals surface area contributed by atoms with Crippen LogP contribution in [0.1, 0.15) is 18.5 Å². The highest BCUT2D eigenvalue weighted by Crippen LogP contribution is 2.20. The fraction of sp³-hybridized carbons (Fsp3) is 0.444. The van der Waals surface area contributed by atoms with Crippen LogP contribution >= 0.6 is 0 Å². The molecule has 1 aromatic carbocycles. The first kappa shape index (κ1) is 18.1. The Bertz CT molecular complexity index is 752. The third-order valence-electron chi connectivity index (χ3n) is 4.77. The summed E-state index contributed by atoms with van der Waals surface area (Å²) in [5, 5.41) is 8.05. The molecular formula is C18H24N6O2. The van der Waals surface area contributed by atoms with E-state index in [2.05, 4.69) is 10.3 Å². The Morgan fingerprint density at radius 2 is 1.92 bits per heavy atom.